The lowest BCUT2D eigenvalue weighted by Gasteiger charge is -2.22. The fourth-order valence-corrected chi connectivity index (χ4v) is 6.15. The fourth-order valence-electron chi connectivity index (χ4n) is 2.17. The molecular formula is C11H16N2O3S2. The van der Waals surface area contributed by atoms with Crippen molar-refractivity contribution in [3.8, 4) is 0 Å². The van der Waals surface area contributed by atoms with E-state index in [1.165, 1.54) is 11.8 Å². The molecular weight excluding hydrogens is 272 g/mol. The number of sulfone groups is 1. The third-order valence-electron chi connectivity index (χ3n) is 3.02. The monoisotopic (exact) mass is 288 g/mol. The molecule has 0 aromatic rings. The van der Waals surface area contributed by atoms with Gasteiger partial charge in [0.2, 0.25) is 5.91 Å². The van der Waals surface area contributed by atoms with E-state index < -0.39 is 9.84 Å². The van der Waals surface area contributed by atoms with Crippen molar-refractivity contribution in [2.24, 2.45) is 4.99 Å². The molecule has 2 aliphatic rings. The molecule has 2 rings (SSSR count). The SMILES string of the molecule is C=CCN1C(=NC(=O)CC)S[C@@H]2CS(=O)(=O)C[C@@H]21. The highest BCUT2D eigenvalue weighted by molar-refractivity contribution is 8.15. The second-order valence-corrected chi connectivity index (χ2v) is 7.74. The van der Waals surface area contributed by atoms with Gasteiger partial charge in [0.1, 0.15) is 0 Å². The lowest BCUT2D eigenvalue weighted by atomic mass is 10.2. The molecule has 2 heterocycles. The van der Waals surface area contributed by atoms with E-state index in [0.29, 0.717) is 18.1 Å². The maximum Gasteiger partial charge on any atom is 0.247 e. The third kappa shape index (κ3) is 2.61. The Balaban J connectivity index is 2.24. The molecule has 2 atom stereocenters. The summed E-state index contributed by atoms with van der Waals surface area (Å²) in [6, 6.07) is -0.0681. The smallest absolute Gasteiger partial charge is 0.247 e. The number of fused-ring (bicyclic) bond motifs is 1. The molecule has 0 aromatic heterocycles. The largest absolute Gasteiger partial charge is 0.342 e. The number of rotatable bonds is 3. The summed E-state index contributed by atoms with van der Waals surface area (Å²) in [6.45, 7) is 5.95. The zero-order valence-corrected chi connectivity index (χ0v) is 11.8. The second-order valence-electron chi connectivity index (χ2n) is 4.38. The van der Waals surface area contributed by atoms with E-state index in [9.17, 15) is 13.2 Å². The zero-order valence-electron chi connectivity index (χ0n) is 10.2. The van der Waals surface area contributed by atoms with Crippen LogP contribution in [0.4, 0.5) is 0 Å². The number of hydrogen-bond acceptors (Lipinski definition) is 4. The number of carbonyl (C=O) groups excluding carboxylic acids is 1. The highest BCUT2D eigenvalue weighted by Crippen LogP contribution is 2.37. The molecule has 1 amide bonds. The highest BCUT2D eigenvalue weighted by Gasteiger charge is 2.48. The maximum atomic E-state index is 11.6. The molecule has 0 radical (unpaired) electrons. The van der Waals surface area contributed by atoms with Crippen LogP contribution in [0.25, 0.3) is 0 Å². The molecule has 0 aliphatic carbocycles. The van der Waals surface area contributed by atoms with Gasteiger partial charge in [0.15, 0.2) is 15.0 Å². The summed E-state index contributed by atoms with van der Waals surface area (Å²) in [6.07, 6.45) is 2.07. The molecule has 7 heteroatoms. The standard InChI is InChI=1S/C11H16N2O3S2/c1-3-5-13-8-6-18(15,16)7-9(8)17-11(13)12-10(14)4-2/h3,8-9H,1,4-7H2,2H3/t8-,9+/m0/s1. The Morgan fingerprint density at radius 3 is 2.94 bits per heavy atom. The van der Waals surface area contributed by atoms with Crippen LogP contribution in [0.2, 0.25) is 0 Å². The van der Waals surface area contributed by atoms with Crippen molar-refractivity contribution < 1.29 is 13.2 Å². The first kappa shape index (κ1) is 13.6. The van der Waals surface area contributed by atoms with Gasteiger partial charge in [-0.1, -0.05) is 24.8 Å². The Morgan fingerprint density at radius 1 is 1.61 bits per heavy atom. The topological polar surface area (TPSA) is 66.8 Å². The van der Waals surface area contributed by atoms with Gasteiger partial charge in [0.05, 0.1) is 17.5 Å². The average Bonchev–Trinajstić information content (AvgIpc) is 2.73. The van der Waals surface area contributed by atoms with Crippen LogP contribution in [0.5, 0.6) is 0 Å². The van der Waals surface area contributed by atoms with Crippen molar-refractivity contribution in [1.82, 2.24) is 4.90 Å². The summed E-state index contributed by atoms with van der Waals surface area (Å²) in [4.78, 5) is 17.3. The first-order valence-corrected chi connectivity index (χ1v) is 8.53. The first-order valence-electron chi connectivity index (χ1n) is 5.83. The molecule has 2 saturated heterocycles. The van der Waals surface area contributed by atoms with Gasteiger partial charge in [-0.05, 0) is 0 Å². The van der Waals surface area contributed by atoms with E-state index in [0.717, 1.165) is 0 Å². The maximum absolute atomic E-state index is 11.6. The Labute approximate surface area is 111 Å². The van der Waals surface area contributed by atoms with Crippen LogP contribution in [0.1, 0.15) is 13.3 Å². The van der Waals surface area contributed by atoms with Crippen molar-refractivity contribution in [2.45, 2.75) is 24.6 Å². The van der Waals surface area contributed by atoms with Gasteiger partial charge < -0.3 is 4.90 Å². The number of aliphatic imine (C=N–C) groups is 1. The van der Waals surface area contributed by atoms with Crippen LogP contribution >= 0.6 is 11.8 Å². The minimum Gasteiger partial charge on any atom is -0.342 e. The normalized spacial score (nSPS) is 31.6. The Kier molecular flexibility index (Phi) is 3.82. The van der Waals surface area contributed by atoms with Gasteiger partial charge >= 0.3 is 0 Å². The van der Waals surface area contributed by atoms with E-state index in [2.05, 4.69) is 11.6 Å². The summed E-state index contributed by atoms with van der Waals surface area (Å²) in [5, 5.41) is 0.644. The summed E-state index contributed by atoms with van der Waals surface area (Å²) in [5.74, 6) is 0.155. The van der Waals surface area contributed by atoms with Crippen molar-refractivity contribution in [3.05, 3.63) is 12.7 Å². The Morgan fingerprint density at radius 2 is 2.33 bits per heavy atom. The predicted molar refractivity (Wildman–Crippen MR) is 73.5 cm³/mol. The molecule has 0 spiro atoms. The summed E-state index contributed by atoms with van der Waals surface area (Å²) < 4.78 is 23.2. The second kappa shape index (κ2) is 5.05. The quantitative estimate of drug-likeness (QED) is 0.714. The van der Waals surface area contributed by atoms with Crippen molar-refractivity contribution >= 4 is 32.7 Å². The lowest BCUT2D eigenvalue weighted by Crippen LogP contribution is -2.37. The first-order chi connectivity index (χ1) is 8.46. The van der Waals surface area contributed by atoms with Crippen LogP contribution < -0.4 is 0 Å². The summed E-state index contributed by atoms with van der Waals surface area (Å²) >= 11 is 1.40. The van der Waals surface area contributed by atoms with Crippen LogP contribution in [-0.4, -0.2) is 53.7 Å². The molecule has 2 aliphatic heterocycles. The minimum atomic E-state index is -2.95. The van der Waals surface area contributed by atoms with Gasteiger partial charge in [-0.2, -0.15) is 4.99 Å². The summed E-state index contributed by atoms with van der Waals surface area (Å²) in [5.41, 5.74) is 0. The predicted octanol–water partition coefficient (Wildman–Crippen LogP) is 0.679. The van der Waals surface area contributed by atoms with Crippen molar-refractivity contribution in [1.29, 1.82) is 0 Å². The van der Waals surface area contributed by atoms with E-state index in [4.69, 9.17) is 0 Å². The van der Waals surface area contributed by atoms with Crippen LogP contribution in [-0.2, 0) is 14.6 Å². The molecule has 0 saturated carbocycles. The van der Waals surface area contributed by atoms with Crippen LogP contribution in [0, 0.1) is 0 Å². The molecule has 2 fully saturated rings. The van der Waals surface area contributed by atoms with E-state index in [-0.39, 0.29) is 28.7 Å². The number of carbonyl (C=O) groups is 1. The molecule has 0 N–H and O–H groups in total. The molecule has 0 unspecified atom stereocenters. The van der Waals surface area contributed by atoms with Gasteiger partial charge in [0, 0.05) is 18.2 Å². The van der Waals surface area contributed by atoms with Gasteiger partial charge in [-0.25, -0.2) is 8.42 Å². The number of hydrogen-bond donors (Lipinski definition) is 0. The average molecular weight is 288 g/mol. The number of amides is 1. The van der Waals surface area contributed by atoms with E-state index in [1.807, 2.05) is 4.90 Å². The van der Waals surface area contributed by atoms with Gasteiger partial charge in [-0.3, -0.25) is 4.79 Å². The van der Waals surface area contributed by atoms with Gasteiger partial charge in [0.25, 0.3) is 0 Å². The lowest BCUT2D eigenvalue weighted by molar-refractivity contribution is -0.117. The Bertz CT molecular complexity index is 498. The fraction of sp³-hybridized carbons (Fsp3) is 0.636. The molecule has 5 nitrogen and oxygen atoms in total. The highest BCUT2D eigenvalue weighted by atomic mass is 32.2. The van der Waals surface area contributed by atoms with E-state index in [1.54, 1.807) is 13.0 Å². The molecule has 100 valence electrons. The minimum absolute atomic E-state index is 0.00152. The number of nitrogens with zero attached hydrogens (tertiary/aromatic N) is 2. The van der Waals surface area contributed by atoms with Crippen LogP contribution in [0.15, 0.2) is 17.6 Å². The van der Waals surface area contributed by atoms with Crippen molar-refractivity contribution in [3.63, 3.8) is 0 Å². The molecule has 0 aromatic carbocycles. The summed E-state index contributed by atoms with van der Waals surface area (Å²) in [7, 11) is -2.95. The van der Waals surface area contributed by atoms with Crippen LogP contribution in [0.3, 0.4) is 0 Å². The molecule has 18 heavy (non-hydrogen) atoms. The molecule has 0 bridgehead atoms. The third-order valence-corrected chi connectivity index (χ3v) is 6.27. The van der Waals surface area contributed by atoms with Gasteiger partial charge in [-0.15, -0.1) is 6.58 Å². The van der Waals surface area contributed by atoms with E-state index >= 15 is 0 Å². The Hall–Kier alpha value is -0.820. The zero-order chi connectivity index (χ0) is 13.3. The number of thioether (sulfide) groups is 1. The number of amidine groups is 1. The van der Waals surface area contributed by atoms with Crippen molar-refractivity contribution in [2.75, 3.05) is 18.1 Å².